The molecule has 0 fully saturated rings. The zero-order valence-electron chi connectivity index (χ0n) is 12.6. The van der Waals surface area contributed by atoms with E-state index in [1.807, 2.05) is 13.8 Å². The summed E-state index contributed by atoms with van der Waals surface area (Å²) >= 11 is 0. The summed E-state index contributed by atoms with van der Waals surface area (Å²) in [5.41, 5.74) is -1.08. The molecule has 0 heterocycles. The number of alkyl halides is 3. The molecule has 23 heavy (non-hydrogen) atoms. The highest BCUT2D eigenvalue weighted by molar-refractivity contribution is 6.06. The van der Waals surface area contributed by atoms with Crippen molar-refractivity contribution in [3.05, 3.63) is 59.7 Å². The maximum absolute atomic E-state index is 13.0. The van der Waals surface area contributed by atoms with Crippen LogP contribution >= 0.6 is 0 Å². The van der Waals surface area contributed by atoms with E-state index < -0.39 is 23.2 Å². The quantitative estimate of drug-likeness (QED) is 0.882. The number of hydrogen-bond donors (Lipinski definition) is 1. The molecular weight excluding hydrogens is 307 g/mol. The van der Waals surface area contributed by atoms with Gasteiger partial charge in [-0.2, -0.15) is 13.2 Å². The third-order valence-electron chi connectivity index (χ3n) is 2.98. The van der Waals surface area contributed by atoms with Crippen LogP contribution in [0.5, 0.6) is 5.75 Å². The second-order valence-corrected chi connectivity index (χ2v) is 5.16. The van der Waals surface area contributed by atoms with Gasteiger partial charge < -0.3 is 10.1 Å². The van der Waals surface area contributed by atoms with E-state index in [2.05, 4.69) is 5.32 Å². The monoisotopic (exact) mass is 323 g/mol. The summed E-state index contributed by atoms with van der Waals surface area (Å²) in [6.45, 7) is 3.63. The largest absolute Gasteiger partial charge is 0.489 e. The van der Waals surface area contributed by atoms with Gasteiger partial charge in [0, 0.05) is 0 Å². The molecule has 2 aromatic rings. The first-order valence-electron chi connectivity index (χ1n) is 7.02. The van der Waals surface area contributed by atoms with E-state index in [0.29, 0.717) is 11.4 Å². The lowest BCUT2D eigenvalue weighted by Gasteiger charge is -2.16. The minimum Gasteiger partial charge on any atom is -0.489 e. The maximum atomic E-state index is 13.0. The molecule has 0 atom stereocenters. The van der Waals surface area contributed by atoms with E-state index in [0.717, 1.165) is 12.1 Å². The van der Waals surface area contributed by atoms with Crippen molar-refractivity contribution >= 4 is 11.6 Å². The molecule has 0 saturated carbocycles. The SMILES string of the molecule is CC(C)Oc1ccccc1NC(=O)c1ccccc1C(F)(F)F. The van der Waals surface area contributed by atoms with Gasteiger partial charge in [-0.05, 0) is 38.1 Å². The fourth-order valence-electron chi connectivity index (χ4n) is 2.04. The topological polar surface area (TPSA) is 38.3 Å². The van der Waals surface area contributed by atoms with Crippen LogP contribution in [-0.4, -0.2) is 12.0 Å². The minimum absolute atomic E-state index is 0.129. The zero-order chi connectivity index (χ0) is 17.0. The highest BCUT2D eigenvalue weighted by atomic mass is 19.4. The van der Waals surface area contributed by atoms with Crippen LogP contribution in [0.2, 0.25) is 0 Å². The maximum Gasteiger partial charge on any atom is 0.417 e. The van der Waals surface area contributed by atoms with E-state index in [-0.39, 0.29) is 6.10 Å². The van der Waals surface area contributed by atoms with E-state index in [4.69, 9.17) is 4.74 Å². The Hall–Kier alpha value is -2.50. The van der Waals surface area contributed by atoms with Crippen molar-refractivity contribution in [1.29, 1.82) is 0 Å². The summed E-state index contributed by atoms with van der Waals surface area (Å²) in [6.07, 6.45) is -4.72. The van der Waals surface area contributed by atoms with Crippen LogP contribution in [0.25, 0.3) is 0 Å². The molecule has 1 amide bonds. The Labute approximate surface area is 132 Å². The number of carbonyl (C=O) groups is 1. The summed E-state index contributed by atoms with van der Waals surface area (Å²) in [4.78, 5) is 12.3. The average Bonchev–Trinajstić information content (AvgIpc) is 2.48. The normalized spacial score (nSPS) is 11.4. The van der Waals surface area contributed by atoms with E-state index in [1.165, 1.54) is 12.1 Å². The van der Waals surface area contributed by atoms with Crippen molar-refractivity contribution < 1.29 is 22.7 Å². The summed E-state index contributed by atoms with van der Waals surface area (Å²) in [5, 5.41) is 2.48. The van der Waals surface area contributed by atoms with Crippen LogP contribution in [0, 0.1) is 0 Å². The number of rotatable bonds is 4. The highest BCUT2D eigenvalue weighted by Gasteiger charge is 2.34. The third-order valence-corrected chi connectivity index (χ3v) is 2.98. The molecule has 3 nitrogen and oxygen atoms in total. The smallest absolute Gasteiger partial charge is 0.417 e. The Morgan fingerprint density at radius 3 is 2.30 bits per heavy atom. The predicted molar refractivity (Wildman–Crippen MR) is 81.6 cm³/mol. The average molecular weight is 323 g/mol. The first-order valence-corrected chi connectivity index (χ1v) is 7.02. The fraction of sp³-hybridized carbons (Fsp3) is 0.235. The lowest BCUT2D eigenvalue weighted by molar-refractivity contribution is -0.137. The Bertz CT molecular complexity index is 696. The molecule has 1 N–H and O–H groups in total. The summed E-state index contributed by atoms with van der Waals surface area (Å²) in [7, 11) is 0. The van der Waals surface area contributed by atoms with Crippen LogP contribution < -0.4 is 10.1 Å². The van der Waals surface area contributed by atoms with Crippen molar-refractivity contribution in [3.63, 3.8) is 0 Å². The lowest BCUT2D eigenvalue weighted by atomic mass is 10.1. The van der Waals surface area contributed by atoms with Gasteiger partial charge in [0.15, 0.2) is 0 Å². The molecule has 0 aromatic heterocycles. The van der Waals surface area contributed by atoms with Crippen molar-refractivity contribution in [2.24, 2.45) is 0 Å². The van der Waals surface area contributed by atoms with E-state index in [9.17, 15) is 18.0 Å². The van der Waals surface area contributed by atoms with E-state index >= 15 is 0 Å². The number of nitrogens with one attached hydrogen (secondary N) is 1. The Morgan fingerprint density at radius 2 is 1.65 bits per heavy atom. The van der Waals surface area contributed by atoms with Crippen molar-refractivity contribution in [3.8, 4) is 5.75 Å². The lowest BCUT2D eigenvalue weighted by Crippen LogP contribution is -2.19. The molecule has 2 aromatic carbocycles. The number of anilines is 1. The van der Waals surface area contributed by atoms with Crippen LogP contribution in [0.1, 0.15) is 29.8 Å². The van der Waals surface area contributed by atoms with Crippen LogP contribution in [0.3, 0.4) is 0 Å². The molecule has 0 bridgehead atoms. The summed E-state index contributed by atoms with van der Waals surface area (Å²) < 4.78 is 44.5. The molecular formula is C17H16F3NO2. The van der Waals surface area contributed by atoms with Gasteiger partial charge in [0.25, 0.3) is 5.91 Å². The second kappa shape index (κ2) is 6.73. The molecule has 0 aliphatic heterocycles. The molecule has 122 valence electrons. The van der Waals surface area contributed by atoms with E-state index in [1.54, 1.807) is 24.3 Å². The Balaban J connectivity index is 2.31. The molecule has 0 aliphatic rings. The first kappa shape index (κ1) is 16.9. The molecule has 2 rings (SSSR count). The van der Waals surface area contributed by atoms with Crippen LogP contribution in [0.4, 0.5) is 18.9 Å². The molecule has 0 spiro atoms. The summed E-state index contributed by atoms with van der Waals surface area (Å²) in [6, 6.07) is 11.3. The minimum atomic E-state index is -4.60. The van der Waals surface area contributed by atoms with Crippen LogP contribution in [-0.2, 0) is 6.18 Å². The number of ether oxygens (including phenoxy) is 1. The zero-order valence-corrected chi connectivity index (χ0v) is 12.6. The molecule has 0 unspecified atom stereocenters. The Morgan fingerprint density at radius 1 is 1.04 bits per heavy atom. The van der Waals surface area contributed by atoms with Crippen LogP contribution in [0.15, 0.2) is 48.5 Å². The number of hydrogen-bond acceptors (Lipinski definition) is 2. The highest BCUT2D eigenvalue weighted by Crippen LogP contribution is 2.33. The van der Waals surface area contributed by atoms with Gasteiger partial charge in [0.2, 0.25) is 0 Å². The van der Waals surface area contributed by atoms with Gasteiger partial charge in [-0.1, -0.05) is 24.3 Å². The second-order valence-electron chi connectivity index (χ2n) is 5.16. The molecule has 0 aliphatic carbocycles. The number of carbonyl (C=O) groups excluding carboxylic acids is 1. The number of para-hydroxylation sites is 2. The first-order chi connectivity index (χ1) is 10.8. The predicted octanol–water partition coefficient (Wildman–Crippen LogP) is 4.74. The third kappa shape index (κ3) is 4.25. The van der Waals surface area contributed by atoms with Crippen molar-refractivity contribution in [1.82, 2.24) is 0 Å². The van der Waals surface area contributed by atoms with Gasteiger partial charge in [0.1, 0.15) is 5.75 Å². The van der Waals surface area contributed by atoms with Gasteiger partial charge in [0.05, 0.1) is 22.9 Å². The Kier molecular flexibility index (Phi) is 4.93. The number of benzene rings is 2. The molecule has 0 radical (unpaired) electrons. The van der Waals surface area contributed by atoms with Crippen molar-refractivity contribution in [2.45, 2.75) is 26.1 Å². The standard InChI is InChI=1S/C17H16F3NO2/c1-11(2)23-15-10-6-5-9-14(15)21-16(22)12-7-3-4-8-13(12)17(18,19)20/h3-11H,1-2H3,(H,21,22). The molecule has 0 saturated heterocycles. The van der Waals surface area contributed by atoms with Gasteiger partial charge >= 0.3 is 6.18 Å². The van der Waals surface area contributed by atoms with Gasteiger partial charge in [-0.3, -0.25) is 4.79 Å². The fourth-order valence-corrected chi connectivity index (χ4v) is 2.04. The number of halogens is 3. The van der Waals surface area contributed by atoms with Gasteiger partial charge in [-0.15, -0.1) is 0 Å². The summed E-state index contributed by atoms with van der Waals surface area (Å²) in [5.74, 6) is -0.432. The van der Waals surface area contributed by atoms with Gasteiger partial charge in [-0.25, -0.2) is 0 Å². The molecule has 6 heteroatoms. The number of amides is 1. The van der Waals surface area contributed by atoms with Crippen molar-refractivity contribution in [2.75, 3.05) is 5.32 Å².